The Hall–Kier alpha value is -5.30. The topological polar surface area (TPSA) is 149 Å². The van der Waals surface area contributed by atoms with Gasteiger partial charge in [-0.1, -0.05) is 24.3 Å². The van der Waals surface area contributed by atoms with Gasteiger partial charge < -0.3 is 39.4 Å². The van der Waals surface area contributed by atoms with Crippen molar-refractivity contribution in [3.8, 4) is 23.0 Å². The first-order valence-corrected chi connectivity index (χ1v) is 14.0. The molecule has 3 aromatic rings. The molecule has 3 aromatic carbocycles. The Bertz CT molecular complexity index is 1560. The molecule has 1 aliphatic heterocycles. The maximum atomic E-state index is 13.3. The summed E-state index contributed by atoms with van der Waals surface area (Å²) in [5.41, 5.74) is 5.15. The van der Waals surface area contributed by atoms with Gasteiger partial charge in [0.2, 0.25) is 0 Å². The molecule has 1 aliphatic rings. The summed E-state index contributed by atoms with van der Waals surface area (Å²) in [6.45, 7) is 3.71. The minimum Gasteiger partial charge on any atom is -0.493 e. The number of hydrazone groups is 1. The molecule has 1 heterocycles. The van der Waals surface area contributed by atoms with Gasteiger partial charge in [0.15, 0.2) is 29.2 Å². The van der Waals surface area contributed by atoms with Crippen LogP contribution in [0.3, 0.4) is 0 Å². The van der Waals surface area contributed by atoms with Crippen LogP contribution in [0, 0.1) is 5.82 Å². The number of aliphatic hydroxyl groups is 1. The van der Waals surface area contributed by atoms with E-state index in [2.05, 4.69) is 21.2 Å². The van der Waals surface area contributed by atoms with Crippen LogP contribution < -0.4 is 35.0 Å². The second kappa shape index (κ2) is 15.4. The lowest BCUT2D eigenvalue weighted by Gasteiger charge is -2.28. The first-order valence-electron chi connectivity index (χ1n) is 14.0. The van der Waals surface area contributed by atoms with Crippen LogP contribution in [0.4, 0.5) is 9.18 Å². The highest BCUT2D eigenvalue weighted by atomic mass is 19.1. The summed E-state index contributed by atoms with van der Waals surface area (Å²) in [5, 5.41) is 19.9. The fourth-order valence-corrected chi connectivity index (χ4v) is 4.50. The van der Waals surface area contributed by atoms with Crippen molar-refractivity contribution in [1.29, 1.82) is 0 Å². The van der Waals surface area contributed by atoms with Crippen molar-refractivity contribution in [2.75, 3.05) is 27.4 Å². The molecule has 0 aliphatic carbocycles. The van der Waals surface area contributed by atoms with E-state index in [9.17, 15) is 19.1 Å². The van der Waals surface area contributed by atoms with Crippen LogP contribution in [-0.4, -0.2) is 57.0 Å². The number of aliphatic hydroxyl groups excluding tert-OH is 1. The quantitative estimate of drug-likeness (QED) is 0.0908. The Morgan fingerprint density at radius 3 is 2.56 bits per heavy atom. The number of hydrogen-bond donors (Lipinski definition) is 4. The summed E-state index contributed by atoms with van der Waals surface area (Å²) in [6, 6.07) is 15.0. The molecule has 0 fully saturated rings. The fourth-order valence-electron chi connectivity index (χ4n) is 4.50. The number of para-hydroxylation sites is 1. The number of rotatable bonds is 14. The predicted octanol–water partition coefficient (Wildman–Crippen LogP) is 3.93. The number of urea groups is 1. The molecule has 2 atom stereocenters. The largest absolute Gasteiger partial charge is 0.493 e. The van der Waals surface area contributed by atoms with E-state index in [4.69, 9.17) is 23.7 Å². The van der Waals surface area contributed by atoms with E-state index < -0.39 is 24.3 Å². The fraction of sp³-hybridized carbons (Fsp3) is 0.281. The van der Waals surface area contributed by atoms with E-state index in [1.807, 2.05) is 0 Å². The molecule has 0 bridgehead atoms. The van der Waals surface area contributed by atoms with Gasteiger partial charge in [-0.3, -0.25) is 5.43 Å². The summed E-state index contributed by atoms with van der Waals surface area (Å²) in [6.07, 6.45) is 0.262. The molecule has 45 heavy (non-hydrogen) atoms. The van der Waals surface area contributed by atoms with Gasteiger partial charge in [-0.05, 0) is 61.4 Å². The number of benzene rings is 3. The number of nitrogens with one attached hydrogen (secondary N) is 3. The van der Waals surface area contributed by atoms with Crippen LogP contribution in [0.15, 0.2) is 77.0 Å². The van der Waals surface area contributed by atoms with E-state index in [1.54, 1.807) is 62.4 Å². The predicted molar refractivity (Wildman–Crippen MR) is 163 cm³/mol. The zero-order valence-corrected chi connectivity index (χ0v) is 25.3. The van der Waals surface area contributed by atoms with Crippen LogP contribution in [0.5, 0.6) is 23.0 Å². The van der Waals surface area contributed by atoms with Gasteiger partial charge in [-0.15, -0.1) is 0 Å². The molecule has 12 nitrogen and oxygen atoms in total. The Labute approximate surface area is 259 Å². The number of allylic oxidation sites excluding steroid dienone is 1. The third kappa shape index (κ3) is 8.42. The molecule has 0 saturated carbocycles. The zero-order valence-electron chi connectivity index (χ0n) is 25.3. The van der Waals surface area contributed by atoms with E-state index in [0.29, 0.717) is 46.4 Å². The van der Waals surface area contributed by atoms with E-state index in [-0.39, 0.29) is 24.6 Å². The number of ether oxygens (including phenoxy) is 5. The first kappa shape index (κ1) is 32.6. The van der Waals surface area contributed by atoms with Crippen molar-refractivity contribution in [2.45, 2.75) is 32.7 Å². The molecule has 0 radical (unpaired) electrons. The molecule has 0 unspecified atom stereocenters. The standard InChI is InChI=1S/C32H35FN4O8/c1-5-43-26-15-21(29-28(31(39)42-4)19(2)35-32(40)36-29)11-14-24(26)44-18-27(38)37-34-16-22-7-6-8-25(41-3)30(22)45-17-20-9-12-23(33)13-10-20/h6-16,27,29,37-38H,5,17-18H2,1-4H3,(H2,35,36,40)/b34-16+/t27-,29+/m1/s1. The highest BCUT2D eigenvalue weighted by Gasteiger charge is 2.32. The summed E-state index contributed by atoms with van der Waals surface area (Å²) < 4.78 is 41.1. The van der Waals surface area contributed by atoms with Gasteiger partial charge in [0, 0.05) is 11.3 Å². The van der Waals surface area contributed by atoms with E-state index in [0.717, 1.165) is 5.56 Å². The normalized spacial score (nSPS) is 15.2. The second-order valence-corrected chi connectivity index (χ2v) is 9.71. The van der Waals surface area contributed by atoms with Gasteiger partial charge in [0.05, 0.1) is 38.7 Å². The van der Waals surface area contributed by atoms with Crippen LogP contribution in [0.2, 0.25) is 0 Å². The zero-order chi connectivity index (χ0) is 32.3. The molecule has 4 N–H and O–H groups in total. The number of esters is 1. The molecule has 238 valence electrons. The van der Waals surface area contributed by atoms with Crippen molar-refractivity contribution in [3.63, 3.8) is 0 Å². The van der Waals surface area contributed by atoms with E-state index >= 15 is 0 Å². The number of methoxy groups -OCH3 is 2. The summed E-state index contributed by atoms with van der Waals surface area (Å²) in [7, 11) is 2.78. The third-order valence-electron chi connectivity index (χ3n) is 6.63. The molecular weight excluding hydrogens is 587 g/mol. The van der Waals surface area contributed by atoms with Crippen LogP contribution in [0.1, 0.15) is 36.6 Å². The lowest BCUT2D eigenvalue weighted by Crippen LogP contribution is -2.45. The van der Waals surface area contributed by atoms with Gasteiger partial charge >= 0.3 is 12.0 Å². The minimum atomic E-state index is -1.20. The Kier molecular flexibility index (Phi) is 11.2. The Morgan fingerprint density at radius 2 is 1.84 bits per heavy atom. The van der Waals surface area contributed by atoms with Gasteiger partial charge in [0.25, 0.3) is 0 Å². The lowest BCUT2D eigenvalue weighted by atomic mass is 9.95. The van der Waals surface area contributed by atoms with Crippen molar-refractivity contribution in [3.05, 3.63) is 94.4 Å². The highest BCUT2D eigenvalue weighted by molar-refractivity contribution is 5.95. The molecule has 4 rings (SSSR count). The summed E-state index contributed by atoms with van der Waals surface area (Å²) in [5.74, 6) is 0.656. The summed E-state index contributed by atoms with van der Waals surface area (Å²) in [4.78, 5) is 24.6. The average molecular weight is 623 g/mol. The van der Waals surface area contributed by atoms with Gasteiger partial charge in [-0.25, -0.2) is 14.0 Å². The third-order valence-corrected chi connectivity index (χ3v) is 6.63. The molecule has 13 heteroatoms. The molecule has 0 aromatic heterocycles. The van der Waals surface area contributed by atoms with Crippen molar-refractivity contribution in [1.82, 2.24) is 16.1 Å². The van der Waals surface area contributed by atoms with Gasteiger partial charge in [-0.2, -0.15) is 5.10 Å². The first-order chi connectivity index (χ1) is 21.7. The van der Waals surface area contributed by atoms with Crippen LogP contribution >= 0.6 is 0 Å². The van der Waals surface area contributed by atoms with E-state index in [1.165, 1.54) is 32.6 Å². The molecule has 2 amide bonds. The molecule has 0 spiro atoms. The maximum Gasteiger partial charge on any atom is 0.337 e. The average Bonchev–Trinajstić information content (AvgIpc) is 3.03. The Balaban J connectivity index is 1.42. The van der Waals surface area contributed by atoms with Crippen LogP contribution in [-0.2, 0) is 16.1 Å². The number of amides is 2. The SMILES string of the molecule is CCOc1cc([C@@H]2NC(=O)NC(C)=C2C(=O)OC)ccc1OC[C@@H](O)N/N=C/c1cccc(OC)c1OCc1ccc(F)cc1. The Morgan fingerprint density at radius 1 is 1.07 bits per heavy atom. The minimum absolute atomic E-state index is 0.177. The van der Waals surface area contributed by atoms with Crippen molar-refractivity contribution >= 4 is 18.2 Å². The highest BCUT2D eigenvalue weighted by Crippen LogP contribution is 2.35. The van der Waals surface area contributed by atoms with Crippen LogP contribution in [0.25, 0.3) is 0 Å². The van der Waals surface area contributed by atoms with Crippen molar-refractivity contribution in [2.24, 2.45) is 5.10 Å². The maximum absolute atomic E-state index is 13.3. The number of carbonyl (C=O) groups excluding carboxylic acids is 2. The van der Waals surface area contributed by atoms with Crippen molar-refractivity contribution < 1.29 is 42.8 Å². The summed E-state index contributed by atoms with van der Waals surface area (Å²) >= 11 is 0. The number of halogens is 1. The van der Waals surface area contributed by atoms with Gasteiger partial charge in [0.1, 0.15) is 19.0 Å². The second-order valence-electron chi connectivity index (χ2n) is 9.71. The smallest absolute Gasteiger partial charge is 0.337 e. The number of carbonyl (C=O) groups is 2. The number of nitrogens with zero attached hydrogens (tertiary/aromatic N) is 1. The lowest BCUT2D eigenvalue weighted by molar-refractivity contribution is -0.136. The molecular formula is C32H35FN4O8. The molecule has 0 saturated heterocycles. The monoisotopic (exact) mass is 622 g/mol. The number of hydrogen-bond acceptors (Lipinski definition) is 10.